The Kier molecular flexibility index (Phi) is 2.78. The Bertz CT molecular complexity index is 652. The Morgan fingerprint density at radius 3 is 2.95 bits per heavy atom. The summed E-state index contributed by atoms with van der Waals surface area (Å²) in [5.41, 5.74) is 6.15. The Labute approximate surface area is 110 Å². The average Bonchev–Trinajstić information content (AvgIpc) is 2.98. The number of aromatic nitrogens is 4. The number of nitrogens with two attached hydrogens (primary N) is 1. The average molecular weight is 262 g/mol. The molecule has 0 amide bonds. The molecule has 0 atom stereocenters. The van der Waals surface area contributed by atoms with E-state index in [9.17, 15) is 4.79 Å². The molecule has 0 spiro atoms. The third-order valence-electron chi connectivity index (χ3n) is 3.91. The van der Waals surface area contributed by atoms with Crippen LogP contribution in [0.4, 0.5) is 5.82 Å². The topological polar surface area (TPSA) is 101 Å². The minimum absolute atomic E-state index is 0.0611. The molecule has 2 aromatic heterocycles. The quantitative estimate of drug-likeness (QED) is 0.743. The maximum Gasteiger partial charge on any atom is 0.349 e. The van der Waals surface area contributed by atoms with E-state index in [1.807, 2.05) is 0 Å². The zero-order chi connectivity index (χ0) is 13.5. The Hall–Kier alpha value is -1.89. The smallest absolute Gasteiger partial charge is 0.349 e. The first kappa shape index (κ1) is 12.2. The third-order valence-corrected chi connectivity index (χ3v) is 3.91. The van der Waals surface area contributed by atoms with E-state index in [-0.39, 0.29) is 11.2 Å². The van der Waals surface area contributed by atoms with E-state index in [0.717, 1.165) is 18.7 Å². The van der Waals surface area contributed by atoms with Gasteiger partial charge in [0.05, 0.1) is 5.54 Å². The Balaban J connectivity index is 1.99. The molecule has 4 N–H and O–H groups in total. The van der Waals surface area contributed by atoms with E-state index < -0.39 is 0 Å². The van der Waals surface area contributed by atoms with Gasteiger partial charge in [-0.1, -0.05) is 12.8 Å². The minimum atomic E-state index is -0.263. The highest BCUT2D eigenvalue weighted by Crippen LogP contribution is 2.31. The second kappa shape index (κ2) is 4.34. The summed E-state index contributed by atoms with van der Waals surface area (Å²) in [6.45, 7) is 2.38. The van der Waals surface area contributed by atoms with Gasteiger partial charge in [0.25, 0.3) is 0 Å². The van der Waals surface area contributed by atoms with Crippen LogP contribution >= 0.6 is 0 Å². The fourth-order valence-electron chi connectivity index (χ4n) is 2.87. The summed E-state index contributed by atoms with van der Waals surface area (Å²) in [7, 11) is 0. The number of anilines is 1. The maximum atomic E-state index is 11.5. The van der Waals surface area contributed by atoms with Crippen LogP contribution in [0, 0.1) is 6.92 Å². The standard InChI is InChI=1S/C12H18N6O/c1-8-14-9(6-10-16-17-11(19)18(8)10)15-12(7-13)4-2-3-5-12/h6,15H,2-5,7,13H2,1H3,(H,17,19). The predicted octanol–water partition coefficient (Wildman–Crippen LogP) is 0.409. The number of aryl methyl sites for hydroxylation is 1. The summed E-state index contributed by atoms with van der Waals surface area (Å²) in [5, 5.41) is 9.84. The number of aromatic amines is 1. The van der Waals surface area contributed by atoms with Crippen LogP contribution in [-0.2, 0) is 0 Å². The molecule has 1 saturated carbocycles. The zero-order valence-corrected chi connectivity index (χ0v) is 10.9. The van der Waals surface area contributed by atoms with Crippen molar-refractivity contribution in [3.05, 3.63) is 22.4 Å². The summed E-state index contributed by atoms with van der Waals surface area (Å²) in [5.74, 6) is 1.35. The summed E-state index contributed by atoms with van der Waals surface area (Å²) in [6, 6.07) is 1.78. The highest BCUT2D eigenvalue weighted by molar-refractivity contribution is 5.51. The molecule has 0 radical (unpaired) electrons. The lowest BCUT2D eigenvalue weighted by molar-refractivity contribution is 0.491. The second-order valence-corrected chi connectivity index (χ2v) is 5.23. The lowest BCUT2D eigenvalue weighted by atomic mass is 9.98. The number of nitrogens with zero attached hydrogens (tertiary/aromatic N) is 3. The summed E-state index contributed by atoms with van der Waals surface area (Å²) in [6.07, 6.45) is 4.49. The van der Waals surface area contributed by atoms with Crippen molar-refractivity contribution in [1.29, 1.82) is 0 Å². The van der Waals surface area contributed by atoms with Crippen LogP contribution in [0.2, 0.25) is 0 Å². The molecule has 7 heteroatoms. The highest BCUT2D eigenvalue weighted by atomic mass is 16.1. The first-order valence-electron chi connectivity index (χ1n) is 6.57. The minimum Gasteiger partial charge on any atom is -0.363 e. The molecule has 0 saturated heterocycles. The number of hydrogen-bond acceptors (Lipinski definition) is 5. The summed E-state index contributed by atoms with van der Waals surface area (Å²) < 4.78 is 1.45. The molecule has 2 heterocycles. The molecule has 19 heavy (non-hydrogen) atoms. The molecule has 0 bridgehead atoms. The fraction of sp³-hybridized carbons (Fsp3) is 0.583. The lowest BCUT2D eigenvalue weighted by Gasteiger charge is -2.29. The molecule has 2 aromatic rings. The van der Waals surface area contributed by atoms with Crippen molar-refractivity contribution < 1.29 is 0 Å². The molecular weight excluding hydrogens is 244 g/mol. The van der Waals surface area contributed by atoms with E-state index in [2.05, 4.69) is 20.5 Å². The van der Waals surface area contributed by atoms with Gasteiger partial charge < -0.3 is 11.1 Å². The van der Waals surface area contributed by atoms with Gasteiger partial charge in [-0.05, 0) is 19.8 Å². The van der Waals surface area contributed by atoms with Gasteiger partial charge in [0.1, 0.15) is 11.6 Å². The fourth-order valence-corrected chi connectivity index (χ4v) is 2.87. The molecule has 1 aliphatic rings. The Morgan fingerprint density at radius 2 is 2.26 bits per heavy atom. The lowest BCUT2D eigenvalue weighted by Crippen LogP contribution is -2.43. The predicted molar refractivity (Wildman–Crippen MR) is 72.2 cm³/mol. The monoisotopic (exact) mass is 262 g/mol. The largest absolute Gasteiger partial charge is 0.363 e. The second-order valence-electron chi connectivity index (χ2n) is 5.23. The summed E-state index contributed by atoms with van der Waals surface area (Å²) in [4.78, 5) is 16.0. The number of rotatable bonds is 3. The van der Waals surface area contributed by atoms with Crippen LogP contribution in [0.3, 0.4) is 0 Å². The highest BCUT2D eigenvalue weighted by Gasteiger charge is 2.32. The van der Waals surface area contributed by atoms with Crippen molar-refractivity contribution >= 4 is 11.5 Å². The van der Waals surface area contributed by atoms with Crippen molar-refractivity contribution in [2.45, 2.75) is 38.1 Å². The third kappa shape index (κ3) is 1.99. The van der Waals surface area contributed by atoms with E-state index in [4.69, 9.17) is 5.73 Å². The van der Waals surface area contributed by atoms with E-state index in [1.54, 1.807) is 13.0 Å². The zero-order valence-electron chi connectivity index (χ0n) is 10.9. The number of hydrogen-bond donors (Lipinski definition) is 3. The van der Waals surface area contributed by atoms with E-state index in [1.165, 1.54) is 17.2 Å². The van der Waals surface area contributed by atoms with Gasteiger partial charge in [-0.2, -0.15) is 5.10 Å². The van der Waals surface area contributed by atoms with Crippen molar-refractivity contribution in [1.82, 2.24) is 19.6 Å². The first-order valence-corrected chi connectivity index (χ1v) is 6.57. The SMILES string of the molecule is Cc1nc(NC2(CN)CCCC2)cc2n[nH]c(=O)n12. The van der Waals surface area contributed by atoms with Crippen LogP contribution in [-0.4, -0.2) is 31.7 Å². The van der Waals surface area contributed by atoms with Gasteiger partial charge in [-0.3, -0.25) is 0 Å². The molecule has 0 aliphatic heterocycles. The van der Waals surface area contributed by atoms with E-state index in [0.29, 0.717) is 18.0 Å². The van der Waals surface area contributed by atoms with Crippen LogP contribution in [0.1, 0.15) is 31.5 Å². The van der Waals surface area contributed by atoms with Crippen molar-refractivity contribution in [2.24, 2.45) is 5.73 Å². The summed E-state index contributed by atoms with van der Waals surface area (Å²) >= 11 is 0. The van der Waals surface area contributed by atoms with Crippen LogP contribution in [0.5, 0.6) is 0 Å². The molecule has 1 aliphatic carbocycles. The normalized spacial score (nSPS) is 18.0. The van der Waals surface area contributed by atoms with Gasteiger partial charge in [0.2, 0.25) is 0 Å². The van der Waals surface area contributed by atoms with Crippen LogP contribution in [0.25, 0.3) is 5.65 Å². The number of nitrogens with one attached hydrogen (secondary N) is 2. The van der Waals surface area contributed by atoms with Crippen molar-refractivity contribution in [3.8, 4) is 0 Å². The van der Waals surface area contributed by atoms with Crippen LogP contribution < -0.4 is 16.7 Å². The first-order chi connectivity index (χ1) is 9.13. The van der Waals surface area contributed by atoms with Gasteiger partial charge in [-0.15, -0.1) is 0 Å². The molecule has 3 rings (SSSR count). The maximum absolute atomic E-state index is 11.5. The van der Waals surface area contributed by atoms with Gasteiger partial charge in [0, 0.05) is 12.6 Å². The molecule has 1 fully saturated rings. The van der Waals surface area contributed by atoms with Crippen molar-refractivity contribution in [2.75, 3.05) is 11.9 Å². The van der Waals surface area contributed by atoms with Crippen molar-refractivity contribution in [3.63, 3.8) is 0 Å². The Morgan fingerprint density at radius 1 is 1.53 bits per heavy atom. The molecule has 7 nitrogen and oxygen atoms in total. The number of H-pyrrole nitrogens is 1. The molecule has 102 valence electrons. The number of fused-ring (bicyclic) bond motifs is 1. The van der Waals surface area contributed by atoms with Gasteiger partial charge in [-0.25, -0.2) is 19.3 Å². The molecular formula is C12H18N6O. The van der Waals surface area contributed by atoms with Gasteiger partial charge >= 0.3 is 5.69 Å². The van der Waals surface area contributed by atoms with Gasteiger partial charge in [0.15, 0.2) is 5.65 Å². The molecule has 0 unspecified atom stereocenters. The molecule has 0 aromatic carbocycles. The van der Waals surface area contributed by atoms with E-state index >= 15 is 0 Å². The van der Waals surface area contributed by atoms with Crippen LogP contribution in [0.15, 0.2) is 10.9 Å².